The van der Waals surface area contributed by atoms with Gasteiger partial charge in [-0.2, -0.15) is 0 Å². The minimum atomic E-state index is -0.622. The van der Waals surface area contributed by atoms with Crippen LogP contribution in [0, 0.1) is 0 Å². The number of benzene rings is 1. The predicted molar refractivity (Wildman–Crippen MR) is 120 cm³/mol. The molecule has 3 rings (SSSR count). The zero-order valence-electron chi connectivity index (χ0n) is 17.7. The third-order valence-electron chi connectivity index (χ3n) is 4.97. The van der Waals surface area contributed by atoms with Crippen molar-refractivity contribution in [2.24, 2.45) is 0 Å². The normalized spacial score (nSPS) is 10.8. The van der Waals surface area contributed by atoms with E-state index in [0.29, 0.717) is 18.0 Å². The summed E-state index contributed by atoms with van der Waals surface area (Å²) in [5.41, 5.74) is 5.78. The smallest absolute Gasteiger partial charge is 0.330 e. The quantitative estimate of drug-likeness (QED) is 0.543. The van der Waals surface area contributed by atoms with Gasteiger partial charge in [0.2, 0.25) is 5.91 Å². The number of aromatic nitrogens is 2. The first-order chi connectivity index (χ1) is 14.9. The number of para-hydroxylation sites is 1. The minimum Gasteiger partial charge on any atom is -0.467 e. The minimum absolute atomic E-state index is 0.0507. The molecule has 1 amide bonds. The molecule has 0 spiro atoms. The fourth-order valence-corrected chi connectivity index (χ4v) is 3.34. The van der Waals surface area contributed by atoms with Gasteiger partial charge in [-0.3, -0.25) is 19.1 Å². The predicted octanol–water partition coefficient (Wildman–Crippen LogP) is 2.18. The topological polar surface area (TPSA) is 118 Å². The van der Waals surface area contributed by atoms with Crippen LogP contribution in [0.2, 0.25) is 0 Å². The number of nitrogens with two attached hydrogens (primary N) is 1. The van der Waals surface area contributed by atoms with Crippen molar-refractivity contribution in [3.63, 3.8) is 0 Å². The first kappa shape index (κ1) is 21.9. The number of anilines is 3. The molecule has 3 aromatic rings. The lowest BCUT2D eigenvalue weighted by Crippen LogP contribution is -2.42. The van der Waals surface area contributed by atoms with Gasteiger partial charge in [-0.05, 0) is 30.7 Å². The van der Waals surface area contributed by atoms with Gasteiger partial charge < -0.3 is 20.0 Å². The molecule has 9 nitrogen and oxygen atoms in total. The molecule has 2 heterocycles. The van der Waals surface area contributed by atoms with Crippen LogP contribution in [-0.4, -0.2) is 29.1 Å². The average Bonchev–Trinajstić information content (AvgIpc) is 3.25. The van der Waals surface area contributed by atoms with Crippen molar-refractivity contribution in [2.45, 2.75) is 32.9 Å². The fraction of sp³-hybridized carbons (Fsp3) is 0.318. The number of furan rings is 1. The summed E-state index contributed by atoms with van der Waals surface area (Å²) in [5.74, 6) is 0.426. The van der Waals surface area contributed by atoms with Crippen molar-refractivity contribution >= 4 is 23.1 Å². The number of nitrogen functional groups attached to an aromatic ring is 1. The Morgan fingerprint density at radius 2 is 1.90 bits per heavy atom. The number of nitrogens with one attached hydrogen (secondary N) is 1. The zero-order valence-corrected chi connectivity index (χ0v) is 17.7. The van der Waals surface area contributed by atoms with Crippen molar-refractivity contribution in [3.05, 3.63) is 75.3 Å². The van der Waals surface area contributed by atoms with E-state index in [-0.39, 0.29) is 30.5 Å². The van der Waals surface area contributed by atoms with Crippen LogP contribution in [0.4, 0.5) is 17.2 Å². The van der Waals surface area contributed by atoms with Crippen LogP contribution in [0.3, 0.4) is 0 Å². The summed E-state index contributed by atoms with van der Waals surface area (Å²) in [6.07, 6.45) is 3.16. The molecule has 0 aliphatic heterocycles. The summed E-state index contributed by atoms with van der Waals surface area (Å²) in [4.78, 5) is 43.2. The molecule has 0 atom stereocenters. The van der Waals surface area contributed by atoms with E-state index in [9.17, 15) is 14.4 Å². The van der Waals surface area contributed by atoms with Crippen molar-refractivity contribution in [3.8, 4) is 0 Å². The highest BCUT2D eigenvalue weighted by Gasteiger charge is 2.22. The van der Waals surface area contributed by atoms with Crippen molar-refractivity contribution in [2.75, 3.05) is 29.1 Å². The molecule has 0 radical (unpaired) electrons. The average molecular weight is 425 g/mol. The molecular formula is C22H27N5O4. The molecule has 1 aromatic carbocycles. The fourth-order valence-electron chi connectivity index (χ4n) is 3.34. The van der Waals surface area contributed by atoms with E-state index >= 15 is 0 Å². The molecule has 3 N–H and O–H groups in total. The van der Waals surface area contributed by atoms with Crippen LogP contribution in [0.25, 0.3) is 0 Å². The summed E-state index contributed by atoms with van der Waals surface area (Å²) in [6, 6.07) is 12.8. The van der Waals surface area contributed by atoms with Crippen molar-refractivity contribution in [1.29, 1.82) is 0 Å². The van der Waals surface area contributed by atoms with Gasteiger partial charge in [-0.1, -0.05) is 31.5 Å². The Hall–Kier alpha value is -3.75. The number of likely N-dealkylation sites (N-methyl/N-ethyl adjacent to an activating group) is 1. The molecule has 0 aliphatic carbocycles. The van der Waals surface area contributed by atoms with E-state index in [1.165, 1.54) is 9.47 Å². The van der Waals surface area contributed by atoms with Crippen LogP contribution in [0.5, 0.6) is 0 Å². The maximum atomic E-state index is 13.2. The van der Waals surface area contributed by atoms with Gasteiger partial charge >= 0.3 is 5.69 Å². The molecule has 0 saturated carbocycles. The third-order valence-corrected chi connectivity index (χ3v) is 4.97. The van der Waals surface area contributed by atoms with Crippen LogP contribution in [0.15, 0.2) is 62.7 Å². The highest BCUT2D eigenvalue weighted by Crippen LogP contribution is 2.20. The molecule has 9 heteroatoms. The summed E-state index contributed by atoms with van der Waals surface area (Å²) in [6.45, 7) is 2.51. The first-order valence-corrected chi connectivity index (χ1v) is 10.1. The van der Waals surface area contributed by atoms with Crippen LogP contribution < -0.4 is 26.8 Å². The van der Waals surface area contributed by atoms with Gasteiger partial charge in [0.25, 0.3) is 5.56 Å². The van der Waals surface area contributed by atoms with E-state index in [1.807, 2.05) is 37.3 Å². The molecule has 0 aliphatic rings. The number of aromatic amines is 1. The molecule has 0 saturated heterocycles. The van der Waals surface area contributed by atoms with Crippen molar-refractivity contribution < 1.29 is 9.21 Å². The second kappa shape index (κ2) is 9.84. The Labute approximate surface area is 179 Å². The third kappa shape index (κ3) is 5.06. The van der Waals surface area contributed by atoms with E-state index < -0.39 is 11.2 Å². The number of rotatable bonds is 9. The highest BCUT2D eigenvalue weighted by atomic mass is 16.3. The molecule has 0 unspecified atom stereocenters. The molecule has 164 valence electrons. The largest absolute Gasteiger partial charge is 0.467 e. The highest BCUT2D eigenvalue weighted by molar-refractivity contribution is 5.96. The number of unbranched alkanes of at least 4 members (excludes halogenated alkanes) is 1. The lowest BCUT2D eigenvalue weighted by atomic mass is 10.2. The SMILES string of the molecule is CCCCn1c(N)c(N(C)CC(=O)N(Cc2ccco2)c2ccccc2)c(=O)[nH]c1=O. The molecular weight excluding hydrogens is 398 g/mol. The number of H-pyrrole nitrogens is 1. The van der Waals surface area contributed by atoms with Gasteiger partial charge in [0.15, 0.2) is 0 Å². The second-order valence-corrected chi connectivity index (χ2v) is 7.25. The van der Waals surface area contributed by atoms with Gasteiger partial charge in [0.05, 0.1) is 19.4 Å². The second-order valence-electron chi connectivity index (χ2n) is 7.25. The monoisotopic (exact) mass is 425 g/mol. The summed E-state index contributed by atoms with van der Waals surface area (Å²) in [5, 5.41) is 0. The Bertz CT molecular complexity index is 1120. The van der Waals surface area contributed by atoms with E-state index in [0.717, 1.165) is 12.8 Å². The number of nitrogens with zero attached hydrogens (tertiary/aromatic N) is 3. The van der Waals surface area contributed by atoms with Crippen LogP contribution in [0.1, 0.15) is 25.5 Å². The van der Waals surface area contributed by atoms with E-state index in [1.54, 1.807) is 30.3 Å². The maximum absolute atomic E-state index is 13.2. The molecule has 2 aromatic heterocycles. The number of amides is 1. The van der Waals surface area contributed by atoms with Crippen molar-refractivity contribution in [1.82, 2.24) is 9.55 Å². The Morgan fingerprint density at radius 1 is 1.16 bits per heavy atom. The standard InChI is InChI=1S/C22H27N5O4/c1-3-4-12-26-20(23)19(21(29)24-22(26)30)25(2)15-18(28)27(14-17-11-8-13-31-17)16-9-6-5-7-10-16/h5-11,13H,3-4,12,14-15,23H2,1-2H3,(H,24,29,30). The molecule has 0 bridgehead atoms. The summed E-state index contributed by atoms with van der Waals surface area (Å²) in [7, 11) is 1.60. The number of hydrogen-bond acceptors (Lipinski definition) is 6. The van der Waals surface area contributed by atoms with Gasteiger partial charge in [-0.15, -0.1) is 0 Å². The first-order valence-electron chi connectivity index (χ1n) is 10.1. The Kier molecular flexibility index (Phi) is 6.96. The van der Waals surface area contributed by atoms with Crippen LogP contribution >= 0.6 is 0 Å². The van der Waals surface area contributed by atoms with Gasteiger partial charge in [0, 0.05) is 19.3 Å². The Balaban J connectivity index is 1.88. The molecule has 0 fully saturated rings. The maximum Gasteiger partial charge on any atom is 0.330 e. The zero-order chi connectivity index (χ0) is 22.4. The summed E-state index contributed by atoms with van der Waals surface area (Å²) >= 11 is 0. The van der Waals surface area contributed by atoms with Gasteiger partial charge in [0.1, 0.15) is 17.3 Å². The lowest BCUT2D eigenvalue weighted by Gasteiger charge is -2.26. The number of carbonyl (C=O) groups is 1. The van der Waals surface area contributed by atoms with E-state index in [2.05, 4.69) is 4.98 Å². The number of carbonyl (C=O) groups excluding carboxylic acids is 1. The Morgan fingerprint density at radius 3 is 2.55 bits per heavy atom. The number of hydrogen-bond donors (Lipinski definition) is 2. The van der Waals surface area contributed by atoms with Crippen LogP contribution in [-0.2, 0) is 17.9 Å². The summed E-state index contributed by atoms with van der Waals surface area (Å²) < 4.78 is 6.74. The molecule has 31 heavy (non-hydrogen) atoms. The lowest BCUT2D eigenvalue weighted by molar-refractivity contribution is -0.117. The van der Waals surface area contributed by atoms with E-state index in [4.69, 9.17) is 10.2 Å². The van der Waals surface area contributed by atoms with Gasteiger partial charge in [-0.25, -0.2) is 4.79 Å².